The molecule has 0 radical (unpaired) electrons. The SMILES string of the molecule is COc1ccc(C=C2CCCN=C2c2cccnc2)c(OC)c1. The van der Waals surface area contributed by atoms with Crippen molar-refractivity contribution in [2.75, 3.05) is 20.8 Å². The van der Waals surface area contributed by atoms with Gasteiger partial charge in [0.15, 0.2) is 0 Å². The number of methoxy groups -OCH3 is 2. The highest BCUT2D eigenvalue weighted by Gasteiger charge is 2.15. The normalized spacial score (nSPS) is 16.1. The molecule has 3 rings (SSSR count). The van der Waals surface area contributed by atoms with E-state index < -0.39 is 0 Å². The van der Waals surface area contributed by atoms with Gasteiger partial charge < -0.3 is 9.47 Å². The van der Waals surface area contributed by atoms with Gasteiger partial charge in [0, 0.05) is 36.1 Å². The van der Waals surface area contributed by atoms with Crippen LogP contribution in [0.3, 0.4) is 0 Å². The van der Waals surface area contributed by atoms with E-state index in [0.717, 1.165) is 47.7 Å². The van der Waals surface area contributed by atoms with E-state index in [2.05, 4.69) is 17.1 Å². The minimum Gasteiger partial charge on any atom is -0.497 e. The summed E-state index contributed by atoms with van der Waals surface area (Å²) in [5, 5.41) is 0. The number of ether oxygens (including phenoxy) is 2. The van der Waals surface area contributed by atoms with Crippen molar-refractivity contribution in [2.45, 2.75) is 12.8 Å². The maximum atomic E-state index is 5.49. The number of nitrogens with zero attached hydrogens (tertiary/aromatic N) is 2. The predicted octanol–water partition coefficient (Wildman–Crippen LogP) is 3.77. The van der Waals surface area contributed by atoms with E-state index in [-0.39, 0.29) is 0 Å². The summed E-state index contributed by atoms with van der Waals surface area (Å²) in [5.41, 5.74) is 4.34. The second-order valence-corrected chi connectivity index (χ2v) is 5.35. The smallest absolute Gasteiger partial charge is 0.129 e. The second kappa shape index (κ2) is 7.09. The summed E-state index contributed by atoms with van der Waals surface area (Å²) >= 11 is 0. The van der Waals surface area contributed by atoms with Crippen LogP contribution < -0.4 is 9.47 Å². The molecule has 0 amide bonds. The molecule has 0 unspecified atom stereocenters. The van der Waals surface area contributed by atoms with Gasteiger partial charge in [-0.15, -0.1) is 0 Å². The molecule has 1 aromatic heterocycles. The summed E-state index contributed by atoms with van der Waals surface area (Å²) in [6.45, 7) is 0.862. The zero-order valence-corrected chi connectivity index (χ0v) is 13.5. The summed E-state index contributed by atoms with van der Waals surface area (Å²) < 4.78 is 10.8. The highest BCUT2D eigenvalue weighted by molar-refractivity contribution is 6.15. The number of hydrogen-bond acceptors (Lipinski definition) is 4. The molecule has 0 fully saturated rings. The van der Waals surface area contributed by atoms with Gasteiger partial charge in [0.1, 0.15) is 11.5 Å². The lowest BCUT2D eigenvalue weighted by molar-refractivity contribution is 0.393. The Morgan fingerprint density at radius 2 is 2.04 bits per heavy atom. The van der Waals surface area contributed by atoms with Gasteiger partial charge in [-0.1, -0.05) is 0 Å². The molecule has 4 nitrogen and oxygen atoms in total. The van der Waals surface area contributed by atoms with E-state index in [9.17, 15) is 0 Å². The number of rotatable bonds is 4. The first-order chi connectivity index (χ1) is 11.3. The second-order valence-electron chi connectivity index (χ2n) is 5.35. The minimum absolute atomic E-state index is 0.786. The fourth-order valence-electron chi connectivity index (χ4n) is 2.73. The van der Waals surface area contributed by atoms with Gasteiger partial charge in [-0.2, -0.15) is 0 Å². The van der Waals surface area contributed by atoms with E-state index >= 15 is 0 Å². The Hall–Kier alpha value is -2.62. The van der Waals surface area contributed by atoms with E-state index in [1.807, 2.05) is 30.5 Å². The van der Waals surface area contributed by atoms with Crippen molar-refractivity contribution < 1.29 is 9.47 Å². The van der Waals surface area contributed by atoms with E-state index in [1.54, 1.807) is 20.4 Å². The molecule has 0 aliphatic carbocycles. The van der Waals surface area contributed by atoms with Gasteiger partial charge in [-0.3, -0.25) is 9.98 Å². The van der Waals surface area contributed by atoms with Crippen LogP contribution in [-0.2, 0) is 0 Å². The third kappa shape index (κ3) is 3.42. The van der Waals surface area contributed by atoms with Crippen LogP contribution in [0.15, 0.2) is 53.3 Å². The maximum absolute atomic E-state index is 5.49. The van der Waals surface area contributed by atoms with Crippen LogP contribution in [-0.4, -0.2) is 31.5 Å². The molecule has 1 aliphatic heterocycles. The molecule has 2 heterocycles. The molecule has 0 saturated carbocycles. The summed E-state index contributed by atoms with van der Waals surface area (Å²) in [7, 11) is 3.33. The summed E-state index contributed by atoms with van der Waals surface area (Å²) in [6.07, 6.45) is 7.87. The van der Waals surface area contributed by atoms with Crippen LogP contribution >= 0.6 is 0 Å². The van der Waals surface area contributed by atoms with Gasteiger partial charge in [-0.25, -0.2) is 0 Å². The Balaban J connectivity index is 2.00. The summed E-state index contributed by atoms with van der Waals surface area (Å²) in [6, 6.07) is 9.85. The van der Waals surface area contributed by atoms with Crippen molar-refractivity contribution in [1.29, 1.82) is 0 Å². The lowest BCUT2D eigenvalue weighted by atomic mass is 9.94. The van der Waals surface area contributed by atoms with Crippen molar-refractivity contribution in [1.82, 2.24) is 4.98 Å². The lowest BCUT2D eigenvalue weighted by Crippen LogP contribution is -2.12. The van der Waals surface area contributed by atoms with Crippen molar-refractivity contribution >= 4 is 11.8 Å². The van der Waals surface area contributed by atoms with Gasteiger partial charge in [0.25, 0.3) is 0 Å². The first-order valence-corrected chi connectivity index (χ1v) is 7.69. The van der Waals surface area contributed by atoms with E-state index in [4.69, 9.17) is 14.5 Å². The van der Waals surface area contributed by atoms with Gasteiger partial charge in [-0.05, 0) is 48.8 Å². The van der Waals surface area contributed by atoms with Crippen LogP contribution in [0.5, 0.6) is 11.5 Å². The van der Waals surface area contributed by atoms with Crippen LogP contribution in [0.25, 0.3) is 6.08 Å². The Morgan fingerprint density at radius 1 is 1.13 bits per heavy atom. The fraction of sp³-hybridized carbons (Fsp3) is 0.263. The molecular formula is C19H20N2O2. The molecule has 23 heavy (non-hydrogen) atoms. The molecular weight excluding hydrogens is 288 g/mol. The number of hydrogen-bond donors (Lipinski definition) is 0. The Kier molecular flexibility index (Phi) is 4.71. The van der Waals surface area contributed by atoms with Crippen LogP contribution in [0.1, 0.15) is 24.0 Å². The molecule has 0 bridgehead atoms. The lowest BCUT2D eigenvalue weighted by Gasteiger charge is -2.17. The Bertz CT molecular complexity index is 736. The largest absolute Gasteiger partial charge is 0.497 e. The first kappa shape index (κ1) is 15.3. The molecule has 0 N–H and O–H groups in total. The average Bonchev–Trinajstić information content (AvgIpc) is 2.63. The molecule has 0 atom stereocenters. The topological polar surface area (TPSA) is 43.7 Å². The molecule has 1 aliphatic rings. The van der Waals surface area contributed by atoms with Crippen LogP contribution in [0.4, 0.5) is 0 Å². The minimum atomic E-state index is 0.786. The standard InChI is InChI=1S/C19H20N2O2/c1-22-17-8-7-14(18(12-17)23-2)11-15-5-4-10-21-19(15)16-6-3-9-20-13-16/h3,6-9,11-13H,4-5,10H2,1-2H3. The van der Waals surface area contributed by atoms with Crippen LogP contribution in [0, 0.1) is 0 Å². The Morgan fingerprint density at radius 3 is 2.78 bits per heavy atom. The summed E-state index contributed by atoms with van der Waals surface area (Å²) in [5.74, 6) is 1.58. The van der Waals surface area contributed by atoms with E-state index in [0.29, 0.717) is 0 Å². The number of benzene rings is 1. The monoisotopic (exact) mass is 308 g/mol. The maximum Gasteiger partial charge on any atom is 0.129 e. The number of allylic oxidation sites excluding steroid dienone is 1. The number of aromatic nitrogens is 1. The average molecular weight is 308 g/mol. The molecule has 1 aromatic carbocycles. The molecule has 118 valence electrons. The highest BCUT2D eigenvalue weighted by atomic mass is 16.5. The first-order valence-electron chi connectivity index (χ1n) is 7.69. The number of aliphatic imine (C=N–C) groups is 1. The van der Waals surface area contributed by atoms with Crippen molar-refractivity contribution in [3.63, 3.8) is 0 Å². The van der Waals surface area contributed by atoms with Gasteiger partial charge >= 0.3 is 0 Å². The van der Waals surface area contributed by atoms with Crippen molar-refractivity contribution in [3.05, 3.63) is 59.4 Å². The molecule has 0 spiro atoms. The zero-order chi connectivity index (χ0) is 16.1. The predicted molar refractivity (Wildman–Crippen MR) is 92.4 cm³/mol. The molecule has 0 saturated heterocycles. The van der Waals surface area contributed by atoms with Crippen molar-refractivity contribution in [3.8, 4) is 11.5 Å². The Labute approximate surface area is 136 Å². The summed E-state index contributed by atoms with van der Waals surface area (Å²) in [4.78, 5) is 8.92. The molecule has 2 aromatic rings. The third-order valence-electron chi connectivity index (χ3n) is 3.88. The van der Waals surface area contributed by atoms with Gasteiger partial charge in [0.05, 0.1) is 19.9 Å². The van der Waals surface area contributed by atoms with Crippen LogP contribution in [0.2, 0.25) is 0 Å². The quantitative estimate of drug-likeness (QED) is 0.863. The third-order valence-corrected chi connectivity index (χ3v) is 3.88. The zero-order valence-electron chi connectivity index (χ0n) is 13.5. The van der Waals surface area contributed by atoms with E-state index in [1.165, 1.54) is 5.57 Å². The highest BCUT2D eigenvalue weighted by Crippen LogP contribution is 2.29. The molecule has 4 heteroatoms. The van der Waals surface area contributed by atoms with Crippen molar-refractivity contribution in [2.24, 2.45) is 4.99 Å². The fourth-order valence-corrected chi connectivity index (χ4v) is 2.73. The van der Waals surface area contributed by atoms with Gasteiger partial charge in [0.2, 0.25) is 0 Å². The number of pyridine rings is 1.